The molecule has 1 heterocycles. The van der Waals surface area contributed by atoms with Crippen LogP contribution in [0.5, 0.6) is 0 Å². The predicted molar refractivity (Wildman–Crippen MR) is 141 cm³/mol. The predicted octanol–water partition coefficient (Wildman–Crippen LogP) is 4.32. The number of amides is 1. The third-order valence-corrected chi connectivity index (χ3v) is 8.27. The van der Waals surface area contributed by atoms with Crippen LogP contribution in [0.4, 0.5) is 0 Å². The maximum Gasteiger partial charge on any atom is 0.237 e. The summed E-state index contributed by atoms with van der Waals surface area (Å²) in [5.74, 6) is -0.501. The Hall–Kier alpha value is -2.14. The Morgan fingerprint density at radius 2 is 1.86 bits per heavy atom. The molecule has 192 valence electrons. The lowest BCUT2D eigenvalue weighted by Crippen LogP contribution is -2.48. The number of nitrogens with zero attached hydrogens (tertiary/aromatic N) is 1. The summed E-state index contributed by atoms with van der Waals surface area (Å²) in [7, 11) is 0. The van der Waals surface area contributed by atoms with Gasteiger partial charge >= 0.3 is 0 Å². The fraction of sp³-hybridized carbons (Fsp3) is 0.500. The molecule has 4 unspecified atom stereocenters. The quantitative estimate of drug-likeness (QED) is 0.407. The van der Waals surface area contributed by atoms with Crippen molar-refractivity contribution in [2.75, 3.05) is 13.2 Å². The van der Waals surface area contributed by atoms with Crippen LogP contribution in [-0.4, -0.2) is 47.5 Å². The molecule has 2 aliphatic rings. The van der Waals surface area contributed by atoms with Gasteiger partial charge in [-0.2, -0.15) is 5.26 Å². The topological polar surface area (TPSA) is 105 Å². The molecular formula is C28H33Cl2N3O3. The van der Waals surface area contributed by atoms with Gasteiger partial charge in [-0.3, -0.25) is 4.79 Å². The Bertz CT molecular complexity index is 1080. The van der Waals surface area contributed by atoms with Crippen molar-refractivity contribution < 1.29 is 15.0 Å². The van der Waals surface area contributed by atoms with Crippen LogP contribution in [0, 0.1) is 17.2 Å². The van der Waals surface area contributed by atoms with Gasteiger partial charge in [0.25, 0.3) is 0 Å². The first-order valence-corrected chi connectivity index (χ1v) is 13.4. The van der Waals surface area contributed by atoms with Crippen LogP contribution >= 0.6 is 23.2 Å². The monoisotopic (exact) mass is 529 g/mol. The molecule has 0 aromatic heterocycles. The molecule has 1 saturated heterocycles. The highest BCUT2D eigenvalue weighted by Gasteiger charge is 2.60. The van der Waals surface area contributed by atoms with Crippen LogP contribution < -0.4 is 10.6 Å². The van der Waals surface area contributed by atoms with Crippen LogP contribution in [0.15, 0.2) is 48.5 Å². The molecule has 1 aliphatic carbocycles. The van der Waals surface area contributed by atoms with Crippen LogP contribution in [0.2, 0.25) is 10.0 Å². The second-order valence-electron chi connectivity index (χ2n) is 9.96. The smallest absolute Gasteiger partial charge is 0.237 e. The van der Waals surface area contributed by atoms with E-state index in [4.69, 9.17) is 28.3 Å². The molecule has 2 fully saturated rings. The summed E-state index contributed by atoms with van der Waals surface area (Å²) in [5, 5.41) is 37.5. The SMILES string of the molecule is N#CC1(c2ccc(Cl)cc2)C(C2CCCCC2)NC(C(=O)NCC[C@H](O)CO)C1c1cccc(Cl)c1. The highest BCUT2D eigenvalue weighted by atomic mass is 35.5. The normalized spacial score (nSPS) is 27.4. The summed E-state index contributed by atoms with van der Waals surface area (Å²) in [5.41, 5.74) is 0.623. The molecule has 0 spiro atoms. The Balaban J connectivity index is 1.81. The van der Waals surface area contributed by atoms with Gasteiger partial charge in [0, 0.05) is 28.5 Å². The Morgan fingerprint density at radius 3 is 2.50 bits per heavy atom. The molecule has 6 nitrogen and oxygen atoms in total. The van der Waals surface area contributed by atoms with E-state index in [0.717, 1.165) is 36.8 Å². The van der Waals surface area contributed by atoms with Crippen molar-refractivity contribution in [2.45, 2.75) is 68.0 Å². The number of benzene rings is 2. The summed E-state index contributed by atoms with van der Waals surface area (Å²) in [4.78, 5) is 13.6. The molecule has 0 radical (unpaired) electrons. The lowest BCUT2D eigenvalue weighted by Gasteiger charge is -2.39. The van der Waals surface area contributed by atoms with E-state index in [1.807, 2.05) is 30.3 Å². The summed E-state index contributed by atoms with van der Waals surface area (Å²) < 4.78 is 0. The minimum atomic E-state index is -1.02. The first kappa shape index (κ1) is 26.9. The molecule has 8 heteroatoms. The Labute approximate surface area is 222 Å². The van der Waals surface area contributed by atoms with Gasteiger partial charge < -0.3 is 20.8 Å². The van der Waals surface area contributed by atoms with E-state index in [2.05, 4.69) is 16.7 Å². The van der Waals surface area contributed by atoms with Gasteiger partial charge in [-0.15, -0.1) is 0 Å². The number of aliphatic hydroxyl groups is 2. The van der Waals surface area contributed by atoms with Crippen molar-refractivity contribution in [3.05, 3.63) is 69.7 Å². The van der Waals surface area contributed by atoms with Crippen molar-refractivity contribution in [1.29, 1.82) is 5.26 Å². The van der Waals surface area contributed by atoms with Gasteiger partial charge in [0.2, 0.25) is 5.91 Å². The second-order valence-corrected chi connectivity index (χ2v) is 10.8. The Morgan fingerprint density at radius 1 is 1.14 bits per heavy atom. The van der Waals surface area contributed by atoms with Gasteiger partial charge in [-0.05, 0) is 60.6 Å². The maximum absolute atomic E-state index is 13.6. The van der Waals surface area contributed by atoms with E-state index in [0.29, 0.717) is 10.0 Å². The maximum atomic E-state index is 13.6. The van der Waals surface area contributed by atoms with E-state index in [1.165, 1.54) is 6.42 Å². The van der Waals surface area contributed by atoms with Crippen LogP contribution in [0.1, 0.15) is 55.6 Å². The number of carbonyl (C=O) groups is 1. The van der Waals surface area contributed by atoms with Crippen LogP contribution in [0.25, 0.3) is 0 Å². The van der Waals surface area contributed by atoms with Gasteiger partial charge in [-0.25, -0.2) is 0 Å². The van der Waals surface area contributed by atoms with Crippen molar-refractivity contribution in [1.82, 2.24) is 10.6 Å². The molecule has 4 N–H and O–H groups in total. The largest absolute Gasteiger partial charge is 0.394 e. The van der Waals surface area contributed by atoms with Gasteiger partial charge in [0.1, 0.15) is 5.41 Å². The zero-order valence-electron chi connectivity index (χ0n) is 20.2. The number of nitrogens with one attached hydrogen (secondary N) is 2. The van der Waals surface area contributed by atoms with Crippen molar-refractivity contribution >= 4 is 29.1 Å². The molecule has 1 aliphatic heterocycles. The number of halogens is 2. The van der Waals surface area contributed by atoms with Gasteiger partial charge in [-0.1, -0.05) is 66.7 Å². The van der Waals surface area contributed by atoms with E-state index in [-0.39, 0.29) is 37.4 Å². The number of hydrogen-bond donors (Lipinski definition) is 4. The van der Waals surface area contributed by atoms with Gasteiger partial charge in [0.05, 0.1) is 24.8 Å². The first-order valence-electron chi connectivity index (χ1n) is 12.7. The minimum Gasteiger partial charge on any atom is -0.394 e. The molecule has 36 heavy (non-hydrogen) atoms. The molecule has 1 amide bonds. The van der Waals surface area contributed by atoms with E-state index >= 15 is 0 Å². The zero-order valence-corrected chi connectivity index (χ0v) is 21.7. The molecule has 1 saturated carbocycles. The molecule has 5 atom stereocenters. The zero-order chi connectivity index (χ0) is 25.7. The van der Waals surface area contributed by atoms with E-state index in [9.17, 15) is 15.2 Å². The summed E-state index contributed by atoms with van der Waals surface area (Å²) in [6.45, 7) is -0.143. The number of carbonyl (C=O) groups excluding carboxylic acids is 1. The Kier molecular flexibility index (Phi) is 8.92. The average molecular weight is 530 g/mol. The summed E-state index contributed by atoms with van der Waals surface area (Å²) in [6, 6.07) is 16.6. The van der Waals surface area contributed by atoms with Gasteiger partial charge in [0.15, 0.2) is 0 Å². The highest BCUT2D eigenvalue weighted by Crippen LogP contribution is 2.52. The standard InChI is InChI=1S/C28H33Cl2N3O3/c29-21-11-9-20(10-12-21)28(17-31)24(19-7-4-8-22(30)15-19)25(27(36)32-14-13-23(35)16-34)33-26(28)18-5-2-1-3-6-18/h4,7-12,15,18,23-26,33-35H,1-3,5-6,13-14,16H2,(H,32,36)/t23-,24?,25?,26?,28?/m0/s1. The lowest BCUT2D eigenvalue weighted by atomic mass is 9.61. The number of rotatable bonds is 8. The molecule has 0 bridgehead atoms. The molecular weight excluding hydrogens is 497 g/mol. The van der Waals surface area contributed by atoms with E-state index in [1.54, 1.807) is 18.2 Å². The molecule has 2 aromatic carbocycles. The van der Waals surface area contributed by atoms with Crippen LogP contribution in [-0.2, 0) is 10.2 Å². The van der Waals surface area contributed by atoms with E-state index < -0.39 is 23.5 Å². The fourth-order valence-corrected chi connectivity index (χ4v) is 6.41. The van der Waals surface area contributed by atoms with Crippen molar-refractivity contribution in [2.24, 2.45) is 5.92 Å². The highest BCUT2D eigenvalue weighted by molar-refractivity contribution is 6.30. The number of aliphatic hydroxyl groups excluding tert-OH is 2. The summed E-state index contributed by atoms with van der Waals surface area (Å²) >= 11 is 12.6. The number of nitriles is 1. The second kappa shape index (κ2) is 11.9. The van der Waals surface area contributed by atoms with Crippen molar-refractivity contribution in [3.8, 4) is 6.07 Å². The average Bonchev–Trinajstić information content (AvgIpc) is 3.26. The third-order valence-electron chi connectivity index (χ3n) is 7.78. The van der Waals surface area contributed by atoms with Crippen molar-refractivity contribution in [3.63, 3.8) is 0 Å². The fourth-order valence-electron chi connectivity index (χ4n) is 6.09. The molecule has 4 rings (SSSR count). The first-order chi connectivity index (χ1) is 17.4. The minimum absolute atomic E-state index is 0.218. The van der Waals surface area contributed by atoms with Crippen LogP contribution in [0.3, 0.4) is 0 Å². The number of hydrogen-bond acceptors (Lipinski definition) is 5. The summed E-state index contributed by atoms with van der Waals surface area (Å²) in [6.07, 6.45) is 4.71. The third kappa shape index (κ3) is 5.41. The lowest BCUT2D eigenvalue weighted by molar-refractivity contribution is -0.123. The molecule has 2 aromatic rings.